The van der Waals surface area contributed by atoms with Gasteiger partial charge < -0.3 is 10.5 Å². The maximum absolute atomic E-state index is 12.1. The number of morpholine rings is 1. The fourth-order valence-corrected chi connectivity index (χ4v) is 3.77. The van der Waals surface area contributed by atoms with Crippen LogP contribution in [0.1, 0.15) is 6.42 Å². The van der Waals surface area contributed by atoms with Gasteiger partial charge in [-0.05, 0) is 31.2 Å². The Morgan fingerprint density at radius 1 is 1.33 bits per heavy atom. The molecule has 1 fully saturated rings. The van der Waals surface area contributed by atoms with Crippen LogP contribution in [0.2, 0.25) is 5.02 Å². The number of ether oxygens (including phenoxy) is 1. The third-order valence-electron chi connectivity index (χ3n) is 3.29. The smallest absolute Gasteiger partial charge is 0.242 e. The highest BCUT2D eigenvalue weighted by atomic mass is 35.5. The van der Waals surface area contributed by atoms with Gasteiger partial charge in [-0.1, -0.05) is 11.6 Å². The molecule has 8 heteroatoms. The van der Waals surface area contributed by atoms with Crippen molar-refractivity contribution in [3.8, 4) is 0 Å². The van der Waals surface area contributed by atoms with E-state index in [1.165, 1.54) is 18.2 Å². The molecule has 0 bridgehead atoms. The second-order valence-corrected chi connectivity index (χ2v) is 7.04. The van der Waals surface area contributed by atoms with Gasteiger partial charge in [0.1, 0.15) is 4.90 Å². The molecule has 0 spiro atoms. The Balaban J connectivity index is 1.83. The first-order valence-corrected chi connectivity index (χ1v) is 8.70. The third-order valence-corrected chi connectivity index (χ3v) is 5.24. The summed E-state index contributed by atoms with van der Waals surface area (Å²) in [6.07, 6.45) is 0.742. The fraction of sp³-hybridized carbons (Fsp3) is 0.538. The quantitative estimate of drug-likeness (QED) is 0.597. The van der Waals surface area contributed by atoms with Crippen LogP contribution in [0.4, 0.5) is 5.69 Å². The maximum atomic E-state index is 12.1. The average molecular weight is 334 g/mol. The molecule has 1 heterocycles. The van der Waals surface area contributed by atoms with Gasteiger partial charge in [-0.2, -0.15) is 0 Å². The Morgan fingerprint density at radius 2 is 2.05 bits per heavy atom. The van der Waals surface area contributed by atoms with Gasteiger partial charge in [-0.25, -0.2) is 13.1 Å². The largest absolute Gasteiger partial charge is 0.399 e. The van der Waals surface area contributed by atoms with Crippen LogP contribution in [-0.4, -0.2) is 52.7 Å². The van der Waals surface area contributed by atoms with E-state index >= 15 is 0 Å². The molecule has 2 rings (SSSR count). The van der Waals surface area contributed by atoms with Crippen LogP contribution < -0.4 is 10.5 Å². The van der Waals surface area contributed by atoms with Gasteiger partial charge in [-0.15, -0.1) is 0 Å². The molecule has 0 atom stereocenters. The first-order chi connectivity index (χ1) is 9.99. The Bertz CT molecular complexity index is 574. The molecule has 3 N–H and O–H groups in total. The molecule has 21 heavy (non-hydrogen) atoms. The van der Waals surface area contributed by atoms with E-state index < -0.39 is 10.0 Å². The number of nitrogens with zero attached hydrogens (tertiary/aromatic N) is 1. The lowest BCUT2D eigenvalue weighted by Gasteiger charge is -2.26. The summed E-state index contributed by atoms with van der Waals surface area (Å²) in [5.74, 6) is 0. The Hall–Kier alpha value is -0.860. The molecule has 1 aromatic rings. The van der Waals surface area contributed by atoms with Crippen LogP contribution in [0.15, 0.2) is 23.1 Å². The maximum Gasteiger partial charge on any atom is 0.242 e. The summed E-state index contributed by atoms with van der Waals surface area (Å²) in [7, 11) is -3.59. The highest BCUT2D eigenvalue weighted by molar-refractivity contribution is 7.89. The summed E-state index contributed by atoms with van der Waals surface area (Å²) in [5, 5.41) is 0.135. The molecule has 0 radical (unpaired) electrons. The molecule has 1 aliphatic rings. The van der Waals surface area contributed by atoms with Crippen molar-refractivity contribution >= 4 is 27.3 Å². The van der Waals surface area contributed by atoms with Gasteiger partial charge in [0.25, 0.3) is 0 Å². The molecule has 1 aromatic carbocycles. The highest BCUT2D eigenvalue weighted by Crippen LogP contribution is 2.23. The van der Waals surface area contributed by atoms with E-state index in [0.717, 1.165) is 39.3 Å². The molecule has 0 saturated carbocycles. The molecule has 1 saturated heterocycles. The van der Waals surface area contributed by atoms with Gasteiger partial charge in [0.2, 0.25) is 10.0 Å². The molecule has 118 valence electrons. The van der Waals surface area contributed by atoms with E-state index in [1.54, 1.807) is 0 Å². The zero-order valence-corrected chi connectivity index (χ0v) is 13.3. The lowest BCUT2D eigenvalue weighted by molar-refractivity contribution is 0.0376. The predicted molar refractivity (Wildman–Crippen MR) is 82.9 cm³/mol. The molecule has 6 nitrogen and oxygen atoms in total. The van der Waals surface area contributed by atoms with E-state index in [4.69, 9.17) is 22.1 Å². The lowest BCUT2D eigenvalue weighted by atomic mass is 10.3. The van der Waals surface area contributed by atoms with Crippen molar-refractivity contribution in [2.75, 3.05) is 45.1 Å². The van der Waals surface area contributed by atoms with Gasteiger partial charge >= 0.3 is 0 Å². The lowest BCUT2D eigenvalue weighted by Crippen LogP contribution is -2.38. The first-order valence-electron chi connectivity index (χ1n) is 6.84. The minimum Gasteiger partial charge on any atom is -0.399 e. The van der Waals surface area contributed by atoms with Crippen LogP contribution in [0, 0.1) is 0 Å². The number of benzene rings is 1. The highest BCUT2D eigenvalue weighted by Gasteiger charge is 2.17. The van der Waals surface area contributed by atoms with Crippen molar-refractivity contribution in [1.29, 1.82) is 0 Å². The molecule has 0 unspecified atom stereocenters. The summed E-state index contributed by atoms with van der Waals surface area (Å²) in [4.78, 5) is 2.32. The Labute approximate surface area is 130 Å². The number of rotatable bonds is 6. The monoisotopic (exact) mass is 333 g/mol. The summed E-state index contributed by atoms with van der Waals surface area (Å²) in [6, 6.07) is 4.37. The van der Waals surface area contributed by atoms with Gasteiger partial charge in [-0.3, -0.25) is 4.90 Å². The van der Waals surface area contributed by atoms with Crippen molar-refractivity contribution < 1.29 is 13.2 Å². The summed E-state index contributed by atoms with van der Waals surface area (Å²) < 4.78 is 32.1. The van der Waals surface area contributed by atoms with E-state index in [-0.39, 0.29) is 9.92 Å². The van der Waals surface area contributed by atoms with Crippen LogP contribution in [-0.2, 0) is 14.8 Å². The SMILES string of the molecule is Nc1ccc(S(=O)(=O)NCCCN2CCOCC2)c(Cl)c1. The number of halogens is 1. The molecule has 0 amide bonds. The fourth-order valence-electron chi connectivity index (χ4n) is 2.15. The van der Waals surface area contributed by atoms with E-state index in [2.05, 4.69) is 9.62 Å². The van der Waals surface area contributed by atoms with Gasteiger partial charge in [0.15, 0.2) is 0 Å². The van der Waals surface area contributed by atoms with Gasteiger partial charge in [0, 0.05) is 25.3 Å². The van der Waals surface area contributed by atoms with Crippen molar-refractivity contribution in [3.63, 3.8) is 0 Å². The molecule has 1 aliphatic heterocycles. The zero-order valence-electron chi connectivity index (χ0n) is 11.7. The Morgan fingerprint density at radius 3 is 2.71 bits per heavy atom. The van der Waals surface area contributed by atoms with Gasteiger partial charge in [0.05, 0.1) is 18.2 Å². The standard InChI is InChI=1S/C13H20ClN3O3S/c14-12-10-11(15)2-3-13(12)21(18,19)16-4-1-5-17-6-8-20-9-7-17/h2-3,10,16H,1,4-9,15H2. The molecule has 0 aliphatic carbocycles. The number of nitrogens with two attached hydrogens (primary N) is 1. The number of hydrogen-bond donors (Lipinski definition) is 2. The Kier molecular flexibility index (Phi) is 5.83. The summed E-state index contributed by atoms with van der Waals surface area (Å²) >= 11 is 5.93. The molecule has 0 aromatic heterocycles. The number of anilines is 1. The third kappa shape index (κ3) is 4.82. The number of nitrogens with one attached hydrogen (secondary N) is 1. The minimum atomic E-state index is -3.59. The topological polar surface area (TPSA) is 84.7 Å². The zero-order chi connectivity index (χ0) is 15.3. The van der Waals surface area contributed by atoms with Crippen molar-refractivity contribution in [1.82, 2.24) is 9.62 Å². The molecular weight excluding hydrogens is 314 g/mol. The number of hydrogen-bond acceptors (Lipinski definition) is 5. The minimum absolute atomic E-state index is 0.0599. The van der Waals surface area contributed by atoms with Crippen LogP contribution in [0.5, 0.6) is 0 Å². The van der Waals surface area contributed by atoms with E-state index in [0.29, 0.717) is 12.2 Å². The van der Waals surface area contributed by atoms with Crippen molar-refractivity contribution in [2.24, 2.45) is 0 Å². The van der Waals surface area contributed by atoms with E-state index in [9.17, 15) is 8.42 Å². The second kappa shape index (κ2) is 7.42. The molecular formula is C13H20ClN3O3S. The second-order valence-electron chi connectivity index (χ2n) is 4.90. The number of sulfonamides is 1. The predicted octanol–water partition coefficient (Wildman–Crippen LogP) is 0.923. The summed E-state index contributed by atoms with van der Waals surface area (Å²) in [5.41, 5.74) is 6.00. The average Bonchev–Trinajstić information content (AvgIpc) is 2.44. The van der Waals surface area contributed by atoms with Crippen LogP contribution in [0.25, 0.3) is 0 Å². The van der Waals surface area contributed by atoms with Crippen molar-refractivity contribution in [3.05, 3.63) is 23.2 Å². The normalized spacial score (nSPS) is 17.0. The summed E-state index contributed by atoms with van der Waals surface area (Å²) in [6.45, 7) is 4.51. The van der Waals surface area contributed by atoms with Crippen LogP contribution >= 0.6 is 11.6 Å². The van der Waals surface area contributed by atoms with Crippen LogP contribution in [0.3, 0.4) is 0 Å². The first kappa shape index (κ1) is 16.5. The van der Waals surface area contributed by atoms with Crippen molar-refractivity contribution in [2.45, 2.75) is 11.3 Å². The van der Waals surface area contributed by atoms with E-state index in [1.807, 2.05) is 0 Å². The number of nitrogen functional groups attached to an aromatic ring is 1.